The Labute approximate surface area is 187 Å². The Hall–Kier alpha value is -3.23. The molecule has 2 aromatic rings. The SMILES string of the molecule is CC(C)(C)OC(=O)NC12CCC(CCc3c(C#N)cnc4ccc(C#N)nc34)(CC1)OC2. The molecule has 166 valence electrons. The van der Waals surface area contributed by atoms with Crippen molar-refractivity contribution in [3.05, 3.63) is 35.2 Å². The van der Waals surface area contributed by atoms with E-state index >= 15 is 0 Å². The first-order chi connectivity index (χ1) is 15.2. The average Bonchev–Trinajstić information content (AvgIpc) is 2.76. The van der Waals surface area contributed by atoms with Crippen molar-refractivity contribution >= 4 is 17.1 Å². The monoisotopic (exact) mass is 433 g/mol. The zero-order chi connectivity index (χ0) is 23.0. The van der Waals surface area contributed by atoms with Crippen LogP contribution in [0.25, 0.3) is 11.0 Å². The molecule has 1 aliphatic carbocycles. The maximum Gasteiger partial charge on any atom is 0.408 e. The Balaban J connectivity index is 1.48. The first kappa shape index (κ1) is 22.0. The summed E-state index contributed by atoms with van der Waals surface area (Å²) in [5, 5.41) is 21.9. The molecule has 32 heavy (non-hydrogen) atoms. The van der Waals surface area contributed by atoms with Crippen molar-refractivity contribution in [2.75, 3.05) is 6.61 Å². The number of rotatable bonds is 4. The number of aromatic nitrogens is 2. The number of pyridine rings is 2. The van der Waals surface area contributed by atoms with Gasteiger partial charge in [-0.1, -0.05) is 0 Å². The fourth-order valence-electron chi connectivity index (χ4n) is 4.65. The van der Waals surface area contributed by atoms with Gasteiger partial charge in [-0.15, -0.1) is 0 Å². The highest BCUT2D eigenvalue weighted by Gasteiger charge is 2.50. The molecule has 2 bridgehead atoms. The van der Waals surface area contributed by atoms with Crippen LogP contribution >= 0.6 is 0 Å². The minimum atomic E-state index is -0.542. The van der Waals surface area contributed by atoms with Gasteiger partial charge in [0.1, 0.15) is 23.4 Å². The third-order valence-electron chi connectivity index (χ3n) is 6.42. The summed E-state index contributed by atoms with van der Waals surface area (Å²) < 4.78 is 11.7. The molecule has 4 heterocycles. The van der Waals surface area contributed by atoms with Crippen LogP contribution in [0.5, 0.6) is 0 Å². The number of fused-ring (bicyclic) bond motifs is 4. The number of ether oxygens (including phenoxy) is 2. The van der Waals surface area contributed by atoms with Crippen LogP contribution in [0.4, 0.5) is 4.79 Å². The molecule has 0 unspecified atom stereocenters. The molecule has 0 atom stereocenters. The number of amides is 1. The maximum absolute atomic E-state index is 12.3. The van der Waals surface area contributed by atoms with Crippen LogP contribution < -0.4 is 5.32 Å². The molecule has 3 aliphatic rings. The van der Waals surface area contributed by atoms with Crippen LogP contribution in [0, 0.1) is 22.7 Å². The molecule has 0 aromatic carbocycles. The largest absolute Gasteiger partial charge is 0.444 e. The van der Waals surface area contributed by atoms with Crippen LogP contribution in [0.1, 0.15) is 69.7 Å². The van der Waals surface area contributed by atoms with Crippen LogP contribution in [0.2, 0.25) is 0 Å². The second-order valence-electron chi connectivity index (χ2n) is 9.82. The highest BCUT2D eigenvalue weighted by Crippen LogP contribution is 2.46. The number of nitriles is 2. The lowest BCUT2D eigenvalue weighted by molar-refractivity contribution is -0.163. The second kappa shape index (κ2) is 8.03. The van der Waals surface area contributed by atoms with Crippen molar-refractivity contribution in [2.24, 2.45) is 0 Å². The Morgan fingerprint density at radius 2 is 1.97 bits per heavy atom. The molecular weight excluding hydrogens is 406 g/mol. The third-order valence-corrected chi connectivity index (χ3v) is 6.42. The van der Waals surface area contributed by atoms with Crippen molar-refractivity contribution in [3.8, 4) is 12.1 Å². The number of carbonyl (C=O) groups excluding carboxylic acids is 1. The van der Waals surface area contributed by atoms with Crippen LogP contribution in [0.3, 0.4) is 0 Å². The van der Waals surface area contributed by atoms with Gasteiger partial charge in [0.25, 0.3) is 0 Å². The fourth-order valence-corrected chi connectivity index (χ4v) is 4.65. The number of carbonyl (C=O) groups is 1. The van der Waals surface area contributed by atoms with Gasteiger partial charge >= 0.3 is 6.09 Å². The molecular formula is C24H27N5O3. The minimum Gasteiger partial charge on any atom is -0.444 e. The number of aryl methyl sites for hydroxylation is 1. The highest BCUT2D eigenvalue weighted by atomic mass is 16.6. The molecule has 0 radical (unpaired) electrons. The third kappa shape index (κ3) is 4.37. The summed E-state index contributed by atoms with van der Waals surface area (Å²) in [5.41, 5.74) is 1.65. The van der Waals surface area contributed by atoms with E-state index in [1.807, 2.05) is 20.8 Å². The van der Waals surface area contributed by atoms with Crippen molar-refractivity contribution in [3.63, 3.8) is 0 Å². The molecule has 5 rings (SSSR count). The first-order valence-corrected chi connectivity index (χ1v) is 10.9. The van der Waals surface area contributed by atoms with Crippen LogP contribution in [0.15, 0.2) is 18.3 Å². The average molecular weight is 434 g/mol. The molecule has 1 amide bonds. The van der Waals surface area contributed by atoms with Gasteiger partial charge in [-0.25, -0.2) is 9.78 Å². The van der Waals surface area contributed by atoms with E-state index in [0.717, 1.165) is 37.7 Å². The number of hydrogen-bond donors (Lipinski definition) is 1. The van der Waals surface area contributed by atoms with E-state index in [1.54, 1.807) is 18.3 Å². The fraction of sp³-hybridized carbons (Fsp3) is 0.542. The quantitative estimate of drug-likeness (QED) is 0.776. The van der Waals surface area contributed by atoms with Crippen molar-refractivity contribution in [2.45, 2.75) is 76.0 Å². The van der Waals surface area contributed by atoms with E-state index in [4.69, 9.17) is 9.47 Å². The van der Waals surface area contributed by atoms with Crippen molar-refractivity contribution in [1.82, 2.24) is 15.3 Å². The topological polar surface area (TPSA) is 121 Å². The van der Waals surface area contributed by atoms with Gasteiger partial charge in [-0.05, 0) is 77.0 Å². The summed E-state index contributed by atoms with van der Waals surface area (Å²) in [6, 6.07) is 7.66. The molecule has 0 spiro atoms. The van der Waals surface area contributed by atoms with E-state index in [2.05, 4.69) is 27.4 Å². The number of nitrogens with zero attached hydrogens (tertiary/aromatic N) is 4. The lowest BCUT2D eigenvalue weighted by Gasteiger charge is -2.53. The molecule has 8 nitrogen and oxygen atoms in total. The van der Waals surface area contributed by atoms with Gasteiger partial charge in [-0.3, -0.25) is 4.98 Å². The van der Waals surface area contributed by atoms with Gasteiger partial charge in [0.15, 0.2) is 0 Å². The Bertz CT molecular complexity index is 1110. The Kier molecular flexibility index (Phi) is 5.52. The normalized spacial score (nSPS) is 24.5. The molecule has 3 fully saturated rings. The molecule has 8 heteroatoms. The Morgan fingerprint density at radius 1 is 1.22 bits per heavy atom. The highest BCUT2D eigenvalue weighted by molar-refractivity contribution is 5.80. The summed E-state index contributed by atoms with van der Waals surface area (Å²) >= 11 is 0. The standard InChI is InChI=1S/C24H27N5O3/c1-22(2,3)32-21(30)29-23-8-10-24(11-9-23,31-15-23)7-6-18-16(12-25)14-27-19-5-4-17(13-26)28-20(18)19/h4-5,14H,6-11,15H2,1-3H3,(H,29,30). The molecule has 1 N–H and O–H groups in total. The summed E-state index contributed by atoms with van der Waals surface area (Å²) in [5.74, 6) is 0. The summed E-state index contributed by atoms with van der Waals surface area (Å²) in [7, 11) is 0. The van der Waals surface area contributed by atoms with Crippen LogP contribution in [-0.2, 0) is 15.9 Å². The van der Waals surface area contributed by atoms with Crippen molar-refractivity contribution < 1.29 is 14.3 Å². The summed E-state index contributed by atoms with van der Waals surface area (Å²) in [6.07, 6.45) is 5.81. The van der Waals surface area contributed by atoms with Gasteiger partial charge in [-0.2, -0.15) is 10.5 Å². The number of hydrogen-bond acceptors (Lipinski definition) is 7. The van der Waals surface area contributed by atoms with Crippen molar-refractivity contribution in [1.29, 1.82) is 10.5 Å². The lowest BCUT2D eigenvalue weighted by atomic mass is 9.69. The summed E-state index contributed by atoms with van der Waals surface area (Å²) in [4.78, 5) is 21.0. The van der Waals surface area contributed by atoms with Gasteiger partial charge in [0, 0.05) is 6.20 Å². The number of nitrogens with one attached hydrogen (secondary N) is 1. The van der Waals surface area contributed by atoms with E-state index in [9.17, 15) is 15.3 Å². The zero-order valence-electron chi connectivity index (χ0n) is 18.7. The Morgan fingerprint density at radius 3 is 2.56 bits per heavy atom. The van der Waals surface area contributed by atoms with Gasteiger partial charge in [0.05, 0.1) is 34.3 Å². The zero-order valence-corrected chi connectivity index (χ0v) is 18.7. The van der Waals surface area contributed by atoms with E-state index < -0.39 is 11.7 Å². The maximum atomic E-state index is 12.3. The van der Waals surface area contributed by atoms with Crippen LogP contribution in [-0.4, -0.2) is 39.4 Å². The van der Waals surface area contributed by atoms with Gasteiger partial charge in [0.2, 0.25) is 0 Å². The minimum absolute atomic E-state index is 0.285. The van der Waals surface area contributed by atoms with E-state index in [1.165, 1.54) is 0 Å². The predicted molar refractivity (Wildman–Crippen MR) is 117 cm³/mol. The first-order valence-electron chi connectivity index (χ1n) is 10.9. The smallest absolute Gasteiger partial charge is 0.408 e. The number of alkyl carbamates (subject to hydrolysis) is 1. The predicted octanol–water partition coefficient (Wildman–Crippen LogP) is 3.91. The van der Waals surface area contributed by atoms with E-state index in [0.29, 0.717) is 35.3 Å². The molecule has 1 saturated carbocycles. The van der Waals surface area contributed by atoms with E-state index in [-0.39, 0.29) is 11.1 Å². The molecule has 2 aliphatic heterocycles. The second-order valence-corrected chi connectivity index (χ2v) is 9.82. The van der Waals surface area contributed by atoms with Gasteiger partial charge < -0.3 is 14.8 Å². The molecule has 2 aromatic heterocycles. The lowest BCUT2D eigenvalue weighted by Crippen LogP contribution is -2.63. The summed E-state index contributed by atoms with van der Waals surface area (Å²) in [6.45, 7) is 5.99. The molecule has 2 saturated heterocycles.